The van der Waals surface area contributed by atoms with Crippen molar-refractivity contribution in [3.8, 4) is 5.88 Å². The fourth-order valence-electron chi connectivity index (χ4n) is 5.14. The number of ether oxygens (including phenoxy) is 2. The van der Waals surface area contributed by atoms with Gasteiger partial charge in [-0.3, -0.25) is 14.5 Å². The van der Waals surface area contributed by atoms with E-state index < -0.39 is 23.6 Å². The summed E-state index contributed by atoms with van der Waals surface area (Å²) in [5, 5.41) is 5.85. The summed E-state index contributed by atoms with van der Waals surface area (Å²) in [6.07, 6.45) is 4.98. The van der Waals surface area contributed by atoms with Gasteiger partial charge >= 0.3 is 6.09 Å². The molecule has 0 radical (unpaired) electrons. The van der Waals surface area contributed by atoms with E-state index in [9.17, 15) is 14.4 Å². The van der Waals surface area contributed by atoms with Gasteiger partial charge in [-0.15, -0.1) is 0 Å². The van der Waals surface area contributed by atoms with Gasteiger partial charge in [-0.1, -0.05) is 6.58 Å². The van der Waals surface area contributed by atoms with Gasteiger partial charge in [-0.25, -0.2) is 9.78 Å². The summed E-state index contributed by atoms with van der Waals surface area (Å²) in [5.41, 5.74) is 5.26. The number of rotatable bonds is 7. The molecule has 184 valence electrons. The lowest BCUT2D eigenvalue weighted by atomic mass is 9.52. The van der Waals surface area contributed by atoms with Crippen LogP contribution in [0.2, 0.25) is 0 Å². The zero-order valence-electron chi connectivity index (χ0n) is 19.9. The average molecular weight is 472 g/mol. The van der Waals surface area contributed by atoms with Gasteiger partial charge in [0.1, 0.15) is 29.1 Å². The molecule has 4 N–H and O–H groups in total. The first-order chi connectivity index (χ1) is 16.0. The number of carbonyl (C=O) groups is 3. The van der Waals surface area contributed by atoms with Crippen LogP contribution in [0.4, 0.5) is 4.79 Å². The Morgan fingerprint density at radius 1 is 1.32 bits per heavy atom. The van der Waals surface area contributed by atoms with Crippen LogP contribution in [0.5, 0.6) is 5.88 Å². The topological polar surface area (TPSA) is 136 Å². The van der Waals surface area contributed by atoms with Crippen LogP contribution in [-0.4, -0.2) is 58.1 Å². The minimum Gasteiger partial charge on any atom is -0.474 e. The molecule has 3 fully saturated rings. The number of nitrogens with one attached hydrogen (secondary N) is 2. The van der Waals surface area contributed by atoms with Crippen molar-refractivity contribution in [3.05, 3.63) is 36.3 Å². The first-order valence-electron chi connectivity index (χ1n) is 11.6. The van der Waals surface area contributed by atoms with Gasteiger partial charge in [0.2, 0.25) is 5.88 Å². The molecule has 2 aliphatic carbocycles. The number of pyridine rings is 1. The number of nitrogens with zero attached hydrogens (tertiary/aromatic N) is 2. The molecule has 10 heteroatoms. The molecule has 0 bridgehead atoms. The molecule has 1 aromatic rings. The first kappa shape index (κ1) is 23.8. The van der Waals surface area contributed by atoms with Crippen LogP contribution in [-0.2, 0) is 9.53 Å². The summed E-state index contributed by atoms with van der Waals surface area (Å²) >= 11 is 0. The SMILES string of the molecule is C=C1NC(CCNC(=O)OC(C)(C)C)C(=O)N1C1CC2(CC(Oc3ncccc3C(N)=O)C2)C1. The van der Waals surface area contributed by atoms with Crippen LogP contribution in [0.1, 0.15) is 63.2 Å². The Balaban J connectivity index is 1.22. The molecular weight excluding hydrogens is 438 g/mol. The highest BCUT2D eigenvalue weighted by molar-refractivity contribution is 5.94. The number of aromatic nitrogens is 1. The maximum absolute atomic E-state index is 13.0. The third-order valence-electron chi connectivity index (χ3n) is 6.61. The van der Waals surface area contributed by atoms with Gasteiger partial charge in [0, 0.05) is 18.8 Å². The van der Waals surface area contributed by atoms with Crippen molar-refractivity contribution in [2.75, 3.05) is 6.54 Å². The number of carbonyl (C=O) groups excluding carboxylic acids is 3. The van der Waals surface area contributed by atoms with E-state index in [0.29, 0.717) is 18.8 Å². The number of amides is 3. The Morgan fingerprint density at radius 3 is 2.68 bits per heavy atom. The minimum absolute atomic E-state index is 0.0115. The largest absolute Gasteiger partial charge is 0.474 e. The molecule has 2 heterocycles. The summed E-state index contributed by atoms with van der Waals surface area (Å²) in [6.45, 7) is 9.75. The Hall–Kier alpha value is -3.30. The Morgan fingerprint density at radius 2 is 2.03 bits per heavy atom. The van der Waals surface area contributed by atoms with Crippen LogP contribution >= 0.6 is 0 Å². The summed E-state index contributed by atoms with van der Waals surface area (Å²) in [4.78, 5) is 42.2. The molecule has 1 spiro atoms. The van der Waals surface area contributed by atoms with E-state index in [1.54, 1.807) is 44.0 Å². The van der Waals surface area contributed by atoms with Gasteiger partial charge in [-0.2, -0.15) is 0 Å². The maximum atomic E-state index is 13.0. The monoisotopic (exact) mass is 471 g/mol. The van der Waals surface area contributed by atoms with Crippen molar-refractivity contribution in [3.63, 3.8) is 0 Å². The van der Waals surface area contributed by atoms with E-state index in [-0.39, 0.29) is 34.9 Å². The third-order valence-corrected chi connectivity index (χ3v) is 6.61. The highest BCUT2D eigenvalue weighted by atomic mass is 16.6. The van der Waals surface area contributed by atoms with Gasteiger partial charge < -0.3 is 25.8 Å². The fraction of sp³-hybridized carbons (Fsp3) is 0.583. The van der Waals surface area contributed by atoms with Crippen LogP contribution < -0.4 is 21.1 Å². The van der Waals surface area contributed by atoms with E-state index in [1.807, 2.05) is 0 Å². The number of alkyl carbamates (subject to hydrolysis) is 1. The predicted octanol–water partition coefficient (Wildman–Crippen LogP) is 2.06. The molecule has 2 saturated carbocycles. The lowest BCUT2D eigenvalue weighted by molar-refractivity contribution is -0.142. The van der Waals surface area contributed by atoms with Crippen LogP contribution in [0, 0.1) is 5.41 Å². The van der Waals surface area contributed by atoms with Gasteiger partial charge in [0.15, 0.2) is 0 Å². The number of primary amides is 1. The van der Waals surface area contributed by atoms with Crippen molar-refractivity contribution < 1.29 is 23.9 Å². The van der Waals surface area contributed by atoms with Crippen molar-refractivity contribution >= 4 is 17.9 Å². The zero-order valence-corrected chi connectivity index (χ0v) is 19.9. The second-order valence-corrected chi connectivity index (χ2v) is 10.5. The summed E-state index contributed by atoms with van der Waals surface area (Å²) in [6, 6.07) is 2.96. The maximum Gasteiger partial charge on any atom is 0.407 e. The van der Waals surface area contributed by atoms with E-state index in [1.165, 1.54) is 0 Å². The van der Waals surface area contributed by atoms with Crippen molar-refractivity contribution in [2.45, 2.75) is 76.7 Å². The van der Waals surface area contributed by atoms with Crippen LogP contribution in [0.15, 0.2) is 30.7 Å². The number of hydrogen-bond donors (Lipinski definition) is 3. The first-order valence-corrected chi connectivity index (χ1v) is 11.6. The second kappa shape index (κ2) is 8.81. The van der Waals surface area contributed by atoms with Gasteiger partial charge in [0.25, 0.3) is 11.8 Å². The zero-order chi connectivity index (χ0) is 24.7. The highest BCUT2D eigenvalue weighted by Crippen LogP contribution is 2.58. The average Bonchev–Trinajstić information content (AvgIpc) is 2.95. The fourth-order valence-corrected chi connectivity index (χ4v) is 5.14. The molecule has 1 aliphatic heterocycles. The number of hydrogen-bond acceptors (Lipinski definition) is 7. The molecule has 3 amide bonds. The van der Waals surface area contributed by atoms with Crippen molar-refractivity contribution in [1.29, 1.82) is 0 Å². The molecule has 34 heavy (non-hydrogen) atoms. The smallest absolute Gasteiger partial charge is 0.407 e. The van der Waals surface area contributed by atoms with Gasteiger partial charge in [0.05, 0.1) is 0 Å². The summed E-state index contributed by atoms with van der Waals surface area (Å²) in [5.74, 6) is 0.317. The van der Waals surface area contributed by atoms with Crippen molar-refractivity contribution in [1.82, 2.24) is 20.5 Å². The van der Waals surface area contributed by atoms with Crippen LogP contribution in [0.25, 0.3) is 0 Å². The van der Waals surface area contributed by atoms with Crippen LogP contribution in [0.3, 0.4) is 0 Å². The van der Waals surface area contributed by atoms with E-state index in [2.05, 4.69) is 22.2 Å². The normalized spacial score (nSPS) is 28.1. The molecule has 4 rings (SSSR count). The minimum atomic E-state index is -0.565. The van der Waals surface area contributed by atoms with Gasteiger partial charge in [-0.05, 0) is 70.4 Å². The lowest BCUT2D eigenvalue weighted by Gasteiger charge is -2.58. The molecule has 10 nitrogen and oxygen atoms in total. The molecule has 1 unspecified atom stereocenters. The summed E-state index contributed by atoms with van der Waals surface area (Å²) < 4.78 is 11.1. The molecule has 0 aromatic carbocycles. The molecule has 1 aromatic heterocycles. The quantitative estimate of drug-likeness (QED) is 0.554. The molecule has 1 saturated heterocycles. The molecular formula is C24H33N5O5. The highest BCUT2D eigenvalue weighted by Gasteiger charge is 2.57. The predicted molar refractivity (Wildman–Crippen MR) is 124 cm³/mol. The Kier molecular flexibility index (Phi) is 6.18. The third kappa shape index (κ3) is 4.95. The Labute approximate surface area is 199 Å². The summed E-state index contributed by atoms with van der Waals surface area (Å²) in [7, 11) is 0. The number of nitrogens with two attached hydrogens (primary N) is 1. The van der Waals surface area contributed by atoms with E-state index >= 15 is 0 Å². The Bertz CT molecular complexity index is 990. The van der Waals surface area contributed by atoms with Crippen molar-refractivity contribution in [2.24, 2.45) is 11.1 Å². The standard InChI is InChI=1S/C24H33N5O5/c1-14-28-18(7-9-27-22(32)34-23(2,3)4)21(31)29(14)15-10-24(11-15)12-16(13-24)33-20-17(19(25)30)6-5-8-26-20/h5-6,8,15-16,18,28H,1,7,9-13H2,2-4H3,(H2,25,30)(H,27,32). The lowest BCUT2D eigenvalue weighted by Crippen LogP contribution is -2.59. The second-order valence-electron chi connectivity index (χ2n) is 10.5. The molecule has 1 atom stereocenters. The van der Waals surface area contributed by atoms with E-state index in [4.69, 9.17) is 15.2 Å². The molecule has 3 aliphatic rings. The van der Waals surface area contributed by atoms with E-state index in [0.717, 1.165) is 25.7 Å².